The van der Waals surface area contributed by atoms with Crippen LogP contribution in [0.15, 0.2) is 72.8 Å². The van der Waals surface area contributed by atoms with Crippen molar-refractivity contribution in [2.24, 2.45) is 0 Å². The van der Waals surface area contributed by atoms with E-state index in [2.05, 4.69) is 60.8 Å². The average molecular weight is 607 g/mol. The van der Waals surface area contributed by atoms with E-state index < -0.39 is 10.0 Å². The average Bonchev–Trinajstić information content (AvgIpc) is 2.80. The van der Waals surface area contributed by atoms with E-state index in [4.69, 9.17) is 4.74 Å². The summed E-state index contributed by atoms with van der Waals surface area (Å²) in [7, 11) is -3.47. The van der Waals surface area contributed by atoms with E-state index in [-0.39, 0.29) is 17.9 Å². The number of amides is 1. The minimum Gasteiger partial charge on any atom is -0.492 e. The number of ether oxygens (including phenoxy) is 1. The molecule has 0 unspecified atom stereocenters. The summed E-state index contributed by atoms with van der Waals surface area (Å²) in [6, 6.07) is 22.2. The van der Waals surface area contributed by atoms with Crippen molar-refractivity contribution < 1.29 is 17.9 Å². The van der Waals surface area contributed by atoms with Crippen molar-refractivity contribution in [1.82, 2.24) is 5.32 Å². The van der Waals surface area contributed by atoms with Gasteiger partial charge in [-0.25, -0.2) is 8.42 Å². The molecule has 3 aromatic carbocycles. The van der Waals surface area contributed by atoms with Gasteiger partial charge in [0.2, 0.25) is 10.0 Å². The summed E-state index contributed by atoms with van der Waals surface area (Å²) in [4.78, 5) is 12.5. The molecule has 1 amide bonds. The van der Waals surface area contributed by atoms with E-state index in [1.165, 1.54) is 16.1 Å². The lowest BCUT2D eigenvalue weighted by Gasteiger charge is -2.22. The van der Waals surface area contributed by atoms with Gasteiger partial charge in [0.25, 0.3) is 5.91 Å². The van der Waals surface area contributed by atoms with Gasteiger partial charge in [0.05, 0.1) is 25.0 Å². The maximum absolute atomic E-state index is 12.5. The number of carbonyl (C=O) groups is 1. The maximum Gasteiger partial charge on any atom is 0.251 e. The number of anilines is 1. The van der Waals surface area contributed by atoms with Crippen LogP contribution in [0.2, 0.25) is 0 Å². The quantitative estimate of drug-likeness (QED) is 0.263. The second kappa shape index (κ2) is 11.4. The first kappa shape index (κ1) is 27.0. The zero-order chi connectivity index (χ0) is 25.6. The summed E-state index contributed by atoms with van der Waals surface area (Å²) in [6.07, 6.45) is 1.19. The van der Waals surface area contributed by atoms with Crippen LogP contribution >= 0.6 is 22.6 Å². The molecule has 0 aliphatic rings. The van der Waals surface area contributed by atoms with Gasteiger partial charge >= 0.3 is 0 Å². The largest absolute Gasteiger partial charge is 0.492 e. The van der Waals surface area contributed by atoms with Gasteiger partial charge in [0, 0.05) is 9.13 Å². The summed E-state index contributed by atoms with van der Waals surface area (Å²) < 4.78 is 32.8. The number of benzene rings is 3. The van der Waals surface area contributed by atoms with Crippen LogP contribution in [0, 0.1) is 3.57 Å². The highest BCUT2D eigenvalue weighted by Gasteiger charge is 2.18. The fraction of sp³-hybridized carbons (Fsp3) is 0.296. The van der Waals surface area contributed by atoms with Crippen molar-refractivity contribution in [3.63, 3.8) is 0 Å². The minimum absolute atomic E-state index is 0.0888. The van der Waals surface area contributed by atoms with Crippen molar-refractivity contribution in [1.29, 1.82) is 0 Å². The number of hydrogen-bond donors (Lipinski definition) is 1. The SMILES string of the molecule is CC(C)(C)c1ccc(OCCNC(=O)c2ccc(CN(c3ccc(I)cc3)S(C)(=O)=O)cc2)cc1. The topological polar surface area (TPSA) is 75.7 Å². The predicted octanol–water partition coefficient (Wildman–Crippen LogP) is 5.36. The molecule has 3 rings (SSSR count). The van der Waals surface area contributed by atoms with E-state index >= 15 is 0 Å². The minimum atomic E-state index is -3.47. The first-order valence-corrected chi connectivity index (χ1v) is 14.2. The zero-order valence-electron chi connectivity index (χ0n) is 20.4. The van der Waals surface area contributed by atoms with Crippen LogP contribution in [0.4, 0.5) is 5.69 Å². The van der Waals surface area contributed by atoms with Crippen LogP contribution in [-0.2, 0) is 22.0 Å². The lowest BCUT2D eigenvalue weighted by molar-refractivity contribution is 0.0947. The van der Waals surface area contributed by atoms with Gasteiger partial charge in [-0.3, -0.25) is 9.10 Å². The van der Waals surface area contributed by atoms with Crippen LogP contribution in [0.1, 0.15) is 42.3 Å². The molecule has 3 aromatic rings. The third-order valence-corrected chi connectivity index (χ3v) is 7.29. The first-order valence-electron chi connectivity index (χ1n) is 11.3. The Kier molecular flexibility index (Phi) is 8.82. The van der Waals surface area contributed by atoms with Crippen LogP contribution in [-0.4, -0.2) is 33.7 Å². The highest BCUT2D eigenvalue weighted by Crippen LogP contribution is 2.24. The molecule has 186 valence electrons. The third-order valence-electron chi connectivity index (χ3n) is 5.43. The fourth-order valence-corrected chi connectivity index (χ4v) is 4.67. The predicted molar refractivity (Wildman–Crippen MR) is 150 cm³/mol. The van der Waals surface area contributed by atoms with Crippen molar-refractivity contribution >= 4 is 44.2 Å². The van der Waals surface area contributed by atoms with Crippen molar-refractivity contribution in [2.45, 2.75) is 32.7 Å². The number of hydrogen-bond acceptors (Lipinski definition) is 4. The van der Waals surface area contributed by atoms with Gasteiger partial charge in [0.15, 0.2) is 0 Å². The Morgan fingerprint density at radius 1 is 0.943 bits per heavy atom. The van der Waals surface area contributed by atoms with Gasteiger partial charge < -0.3 is 10.1 Å². The first-order chi connectivity index (χ1) is 16.4. The molecule has 0 heterocycles. The lowest BCUT2D eigenvalue weighted by atomic mass is 9.87. The normalized spacial score (nSPS) is 11.7. The van der Waals surface area contributed by atoms with E-state index in [1.54, 1.807) is 36.4 Å². The van der Waals surface area contributed by atoms with E-state index in [0.717, 1.165) is 14.9 Å². The standard InChI is InChI=1S/C27H31IN2O4S/c1-27(2,3)22-9-15-25(16-10-22)34-18-17-29-26(31)21-7-5-20(6-8-21)19-30(35(4,32)33)24-13-11-23(28)12-14-24/h5-16H,17-19H2,1-4H3,(H,29,31). The molecule has 0 spiro atoms. The van der Waals surface area contributed by atoms with E-state index in [9.17, 15) is 13.2 Å². The lowest BCUT2D eigenvalue weighted by Crippen LogP contribution is -2.29. The Balaban J connectivity index is 1.53. The summed E-state index contributed by atoms with van der Waals surface area (Å²) in [5, 5.41) is 2.85. The number of sulfonamides is 1. The molecule has 35 heavy (non-hydrogen) atoms. The Hall–Kier alpha value is -2.59. The van der Waals surface area contributed by atoms with Crippen LogP contribution in [0.3, 0.4) is 0 Å². The van der Waals surface area contributed by atoms with Crippen LogP contribution in [0.25, 0.3) is 0 Å². The van der Waals surface area contributed by atoms with Gasteiger partial charge in [-0.15, -0.1) is 0 Å². The molecule has 0 radical (unpaired) electrons. The summed E-state index contributed by atoms with van der Waals surface area (Å²) in [5.41, 5.74) is 3.21. The van der Waals surface area contributed by atoms with Crippen LogP contribution < -0.4 is 14.4 Å². The second-order valence-electron chi connectivity index (χ2n) is 9.32. The summed E-state index contributed by atoms with van der Waals surface area (Å²) in [6.45, 7) is 7.40. The molecule has 0 fully saturated rings. The molecular weight excluding hydrogens is 575 g/mol. The Bertz CT molecular complexity index is 1230. The van der Waals surface area contributed by atoms with E-state index in [0.29, 0.717) is 24.4 Å². The Labute approximate surface area is 221 Å². The van der Waals surface area contributed by atoms with Gasteiger partial charge in [0.1, 0.15) is 12.4 Å². The molecule has 1 N–H and O–H groups in total. The monoisotopic (exact) mass is 606 g/mol. The Morgan fingerprint density at radius 3 is 2.09 bits per heavy atom. The van der Waals surface area contributed by atoms with Crippen LogP contribution in [0.5, 0.6) is 5.75 Å². The third kappa shape index (κ3) is 7.96. The Morgan fingerprint density at radius 2 is 1.54 bits per heavy atom. The molecule has 0 aliphatic heterocycles. The molecule has 0 aromatic heterocycles. The van der Waals surface area contributed by atoms with Crippen molar-refractivity contribution in [3.8, 4) is 5.75 Å². The molecule has 0 saturated carbocycles. The number of nitrogens with one attached hydrogen (secondary N) is 1. The fourth-order valence-electron chi connectivity index (χ4n) is 3.42. The number of carbonyl (C=O) groups excluding carboxylic acids is 1. The van der Waals surface area contributed by atoms with Crippen molar-refractivity contribution in [2.75, 3.05) is 23.7 Å². The summed E-state index contributed by atoms with van der Waals surface area (Å²) in [5.74, 6) is 0.556. The molecule has 0 bridgehead atoms. The number of nitrogens with zero attached hydrogens (tertiary/aromatic N) is 1. The molecule has 8 heteroatoms. The molecule has 0 saturated heterocycles. The van der Waals surface area contributed by atoms with E-state index in [1.807, 2.05) is 24.3 Å². The number of halogens is 1. The highest BCUT2D eigenvalue weighted by atomic mass is 127. The molecular formula is C27H31IN2O4S. The summed E-state index contributed by atoms with van der Waals surface area (Å²) >= 11 is 2.18. The van der Waals surface area contributed by atoms with Crippen molar-refractivity contribution in [3.05, 3.63) is 93.1 Å². The van der Waals surface area contributed by atoms with Gasteiger partial charge in [-0.1, -0.05) is 45.0 Å². The highest BCUT2D eigenvalue weighted by molar-refractivity contribution is 14.1. The molecule has 6 nitrogen and oxygen atoms in total. The maximum atomic E-state index is 12.5. The smallest absolute Gasteiger partial charge is 0.251 e. The molecule has 0 atom stereocenters. The van der Waals surface area contributed by atoms with Gasteiger partial charge in [-0.05, 0) is 87.7 Å². The molecule has 0 aliphatic carbocycles. The number of rotatable bonds is 9. The second-order valence-corrected chi connectivity index (χ2v) is 12.5. The zero-order valence-corrected chi connectivity index (χ0v) is 23.4. The van der Waals surface area contributed by atoms with Gasteiger partial charge in [-0.2, -0.15) is 0 Å².